The number of carbonyl (C=O) groups excluding carboxylic acids is 1. The van der Waals surface area contributed by atoms with Crippen LogP contribution in [-0.2, 0) is 6.54 Å². The van der Waals surface area contributed by atoms with Crippen LogP contribution in [0.25, 0.3) is 10.8 Å². The summed E-state index contributed by atoms with van der Waals surface area (Å²) in [6.07, 6.45) is 1.86. The summed E-state index contributed by atoms with van der Waals surface area (Å²) in [6, 6.07) is 23.5. The molecule has 2 N–H and O–H groups in total. The van der Waals surface area contributed by atoms with Gasteiger partial charge in [-0.1, -0.05) is 66.2 Å². The van der Waals surface area contributed by atoms with Gasteiger partial charge in [-0.05, 0) is 23.9 Å². The summed E-state index contributed by atoms with van der Waals surface area (Å²) in [5, 5.41) is 12.2. The second-order valence-electron chi connectivity index (χ2n) is 6.49. The van der Waals surface area contributed by atoms with Gasteiger partial charge in [0, 0.05) is 17.6 Å². The first-order valence-corrected chi connectivity index (χ1v) is 8.82. The minimum atomic E-state index is -0.313. The molecule has 4 rings (SSSR count). The van der Waals surface area contributed by atoms with Gasteiger partial charge in [-0.25, -0.2) is 4.79 Å². The lowest BCUT2D eigenvalue weighted by molar-refractivity contribution is 0.262. The molecule has 0 aliphatic heterocycles. The number of anilines is 2. The predicted molar refractivity (Wildman–Crippen MR) is 109 cm³/mol. The molecule has 0 saturated heterocycles. The lowest BCUT2D eigenvalue weighted by Gasteiger charge is -2.09. The number of benzene rings is 3. The van der Waals surface area contributed by atoms with Crippen molar-refractivity contribution in [3.8, 4) is 0 Å². The van der Waals surface area contributed by atoms with Crippen LogP contribution in [0.15, 0.2) is 79.0 Å². The minimum absolute atomic E-state index is 0.313. The molecule has 0 atom stereocenters. The summed E-state index contributed by atoms with van der Waals surface area (Å²) in [4.78, 5) is 12.4. The van der Waals surface area contributed by atoms with Crippen LogP contribution in [0.2, 0.25) is 0 Å². The van der Waals surface area contributed by atoms with Crippen LogP contribution in [0.4, 0.5) is 16.3 Å². The SMILES string of the molecule is Cc1cccc(Cn2ccc(NC(=O)Nc3cccc4ccccc34)n2)c1. The largest absolute Gasteiger partial charge is 0.324 e. The van der Waals surface area contributed by atoms with E-state index in [-0.39, 0.29) is 6.03 Å². The summed E-state index contributed by atoms with van der Waals surface area (Å²) < 4.78 is 1.81. The zero-order valence-electron chi connectivity index (χ0n) is 15.0. The van der Waals surface area contributed by atoms with E-state index < -0.39 is 0 Å². The van der Waals surface area contributed by atoms with Gasteiger partial charge in [-0.2, -0.15) is 5.10 Å². The minimum Gasteiger partial charge on any atom is -0.307 e. The molecule has 0 spiro atoms. The molecule has 134 valence electrons. The van der Waals surface area contributed by atoms with Crippen LogP contribution in [0.3, 0.4) is 0 Å². The van der Waals surface area contributed by atoms with Crippen molar-refractivity contribution < 1.29 is 4.79 Å². The highest BCUT2D eigenvalue weighted by Crippen LogP contribution is 2.23. The van der Waals surface area contributed by atoms with E-state index in [0.717, 1.165) is 16.5 Å². The summed E-state index contributed by atoms with van der Waals surface area (Å²) in [5.74, 6) is 0.514. The fourth-order valence-electron chi connectivity index (χ4n) is 3.12. The van der Waals surface area contributed by atoms with Crippen molar-refractivity contribution in [2.75, 3.05) is 10.6 Å². The lowest BCUT2D eigenvalue weighted by atomic mass is 10.1. The van der Waals surface area contributed by atoms with Gasteiger partial charge in [0.25, 0.3) is 0 Å². The molecule has 0 saturated carbocycles. The molecule has 0 unspecified atom stereocenters. The molecule has 0 radical (unpaired) electrons. The quantitative estimate of drug-likeness (QED) is 0.538. The molecule has 1 aromatic heterocycles. The molecule has 2 amide bonds. The van der Waals surface area contributed by atoms with E-state index in [1.54, 1.807) is 6.07 Å². The number of amides is 2. The molecular weight excluding hydrogens is 336 g/mol. The zero-order chi connectivity index (χ0) is 18.6. The molecule has 0 aliphatic carbocycles. The van der Waals surface area contributed by atoms with Crippen LogP contribution < -0.4 is 10.6 Å². The molecule has 4 aromatic rings. The predicted octanol–water partition coefficient (Wildman–Crippen LogP) is 5.04. The number of nitrogens with one attached hydrogen (secondary N) is 2. The third kappa shape index (κ3) is 3.98. The first-order valence-electron chi connectivity index (χ1n) is 8.82. The topological polar surface area (TPSA) is 59.0 Å². The second kappa shape index (κ2) is 7.33. The van der Waals surface area contributed by atoms with E-state index >= 15 is 0 Å². The van der Waals surface area contributed by atoms with Gasteiger partial charge in [-0.3, -0.25) is 10.00 Å². The number of hydrogen-bond donors (Lipinski definition) is 2. The van der Waals surface area contributed by atoms with E-state index in [0.29, 0.717) is 12.4 Å². The second-order valence-corrected chi connectivity index (χ2v) is 6.49. The van der Waals surface area contributed by atoms with E-state index in [2.05, 4.69) is 40.9 Å². The van der Waals surface area contributed by atoms with E-state index in [1.807, 2.05) is 59.4 Å². The third-order valence-electron chi connectivity index (χ3n) is 4.35. The number of rotatable bonds is 4. The van der Waals surface area contributed by atoms with Crippen molar-refractivity contribution in [3.63, 3.8) is 0 Å². The number of carbonyl (C=O) groups is 1. The van der Waals surface area contributed by atoms with Gasteiger partial charge in [0.15, 0.2) is 5.82 Å². The maximum atomic E-state index is 12.4. The Bertz CT molecular complexity index is 1090. The van der Waals surface area contributed by atoms with E-state index in [9.17, 15) is 4.79 Å². The van der Waals surface area contributed by atoms with Crippen LogP contribution >= 0.6 is 0 Å². The van der Waals surface area contributed by atoms with Crippen molar-refractivity contribution in [1.82, 2.24) is 9.78 Å². The molecule has 5 heteroatoms. The fraction of sp³-hybridized carbons (Fsp3) is 0.0909. The van der Waals surface area contributed by atoms with Crippen molar-refractivity contribution >= 4 is 28.3 Å². The Hall–Kier alpha value is -3.60. The monoisotopic (exact) mass is 356 g/mol. The van der Waals surface area contributed by atoms with Gasteiger partial charge < -0.3 is 5.32 Å². The summed E-state index contributed by atoms with van der Waals surface area (Å²) in [5.41, 5.74) is 3.15. The molecule has 27 heavy (non-hydrogen) atoms. The first-order chi connectivity index (χ1) is 13.2. The van der Waals surface area contributed by atoms with E-state index in [4.69, 9.17) is 0 Å². The smallest absolute Gasteiger partial charge is 0.307 e. The number of hydrogen-bond acceptors (Lipinski definition) is 2. The number of nitrogens with zero attached hydrogens (tertiary/aromatic N) is 2. The molecule has 0 bridgehead atoms. The van der Waals surface area contributed by atoms with Crippen LogP contribution in [0.5, 0.6) is 0 Å². The molecule has 1 heterocycles. The van der Waals surface area contributed by atoms with Gasteiger partial charge in [-0.15, -0.1) is 0 Å². The highest BCUT2D eigenvalue weighted by molar-refractivity contribution is 6.05. The Balaban J connectivity index is 1.43. The normalized spacial score (nSPS) is 10.7. The van der Waals surface area contributed by atoms with Gasteiger partial charge in [0.2, 0.25) is 0 Å². The number of fused-ring (bicyclic) bond motifs is 1. The third-order valence-corrected chi connectivity index (χ3v) is 4.35. The standard InChI is InChI=1S/C22H20N4O/c1-16-6-4-7-17(14-16)15-26-13-12-21(25-26)24-22(27)23-20-11-5-9-18-8-2-3-10-19(18)20/h2-14H,15H2,1H3,(H2,23,24,25,27). The Morgan fingerprint density at radius 2 is 1.78 bits per heavy atom. The van der Waals surface area contributed by atoms with Crippen molar-refractivity contribution in [3.05, 3.63) is 90.1 Å². The van der Waals surface area contributed by atoms with Crippen molar-refractivity contribution in [2.45, 2.75) is 13.5 Å². The highest BCUT2D eigenvalue weighted by atomic mass is 16.2. The first kappa shape index (κ1) is 16.8. The highest BCUT2D eigenvalue weighted by Gasteiger charge is 2.08. The zero-order valence-corrected chi connectivity index (χ0v) is 15.0. The molecule has 0 fully saturated rings. The Morgan fingerprint density at radius 3 is 2.67 bits per heavy atom. The van der Waals surface area contributed by atoms with Gasteiger partial charge in [0.05, 0.1) is 12.2 Å². The number of aryl methyl sites for hydroxylation is 1. The maximum absolute atomic E-state index is 12.4. The van der Waals surface area contributed by atoms with Crippen molar-refractivity contribution in [1.29, 1.82) is 0 Å². The van der Waals surface area contributed by atoms with Crippen LogP contribution in [0.1, 0.15) is 11.1 Å². The summed E-state index contributed by atoms with van der Waals surface area (Å²) >= 11 is 0. The van der Waals surface area contributed by atoms with Gasteiger partial charge >= 0.3 is 6.03 Å². The molecule has 3 aromatic carbocycles. The number of urea groups is 1. The van der Waals surface area contributed by atoms with Gasteiger partial charge in [0.1, 0.15) is 0 Å². The Morgan fingerprint density at radius 1 is 0.963 bits per heavy atom. The average molecular weight is 356 g/mol. The average Bonchev–Trinajstić information content (AvgIpc) is 3.08. The molecule has 0 aliphatic rings. The lowest BCUT2D eigenvalue weighted by Crippen LogP contribution is -2.20. The maximum Gasteiger partial charge on any atom is 0.324 e. The Labute approximate surface area is 157 Å². The summed E-state index contributed by atoms with van der Waals surface area (Å²) in [7, 11) is 0. The molecular formula is C22H20N4O. The van der Waals surface area contributed by atoms with Crippen LogP contribution in [0, 0.1) is 6.92 Å². The number of aromatic nitrogens is 2. The Kier molecular flexibility index (Phi) is 4.58. The fourth-order valence-corrected chi connectivity index (χ4v) is 3.12. The van der Waals surface area contributed by atoms with Crippen molar-refractivity contribution in [2.24, 2.45) is 0 Å². The molecule has 5 nitrogen and oxygen atoms in total. The van der Waals surface area contributed by atoms with Crippen LogP contribution in [-0.4, -0.2) is 15.8 Å². The summed E-state index contributed by atoms with van der Waals surface area (Å²) in [6.45, 7) is 2.73. The van der Waals surface area contributed by atoms with E-state index in [1.165, 1.54) is 11.1 Å².